The molecule has 0 aliphatic carbocycles. The van der Waals surface area contributed by atoms with Crippen molar-refractivity contribution in [1.82, 2.24) is 9.80 Å². The summed E-state index contributed by atoms with van der Waals surface area (Å²) in [7, 11) is 0. The predicted octanol–water partition coefficient (Wildman–Crippen LogP) is 3.38. The molecule has 0 aromatic heterocycles. The minimum absolute atomic E-state index is 0.397. The van der Waals surface area contributed by atoms with Gasteiger partial charge in [0.05, 0.1) is 5.56 Å². The second kappa shape index (κ2) is 5.97. The van der Waals surface area contributed by atoms with Gasteiger partial charge in [0.25, 0.3) is 0 Å². The maximum Gasteiger partial charge on any atom is 0.416 e. The third-order valence-electron chi connectivity index (χ3n) is 4.64. The van der Waals surface area contributed by atoms with Gasteiger partial charge in [0, 0.05) is 32.2 Å². The van der Waals surface area contributed by atoms with Crippen LogP contribution in [0.5, 0.6) is 0 Å². The number of piperazine rings is 1. The van der Waals surface area contributed by atoms with Gasteiger partial charge in [0.1, 0.15) is 0 Å². The monoisotopic (exact) mass is 298 g/mol. The standard InChI is InChI=1S/C16H21F3N2/c17-16(18,19)15-7-2-1-5-13(15)11-20-9-10-21-8-4-3-6-14(21)12-20/h1-2,5,7,14H,3-4,6,8-12H2. The van der Waals surface area contributed by atoms with Crippen molar-refractivity contribution in [2.45, 2.75) is 38.0 Å². The maximum atomic E-state index is 13.0. The van der Waals surface area contributed by atoms with Crippen molar-refractivity contribution < 1.29 is 13.2 Å². The molecule has 0 spiro atoms. The Labute approximate surface area is 123 Å². The molecule has 2 aliphatic heterocycles. The third-order valence-corrected chi connectivity index (χ3v) is 4.64. The van der Waals surface area contributed by atoms with Crippen LogP contribution < -0.4 is 0 Å². The van der Waals surface area contributed by atoms with E-state index in [2.05, 4.69) is 9.80 Å². The average molecular weight is 298 g/mol. The molecule has 1 unspecified atom stereocenters. The smallest absolute Gasteiger partial charge is 0.298 e. The molecular formula is C16H21F3N2. The van der Waals surface area contributed by atoms with Gasteiger partial charge in [-0.1, -0.05) is 24.6 Å². The number of hydrogen-bond donors (Lipinski definition) is 0. The molecule has 2 aliphatic rings. The lowest BCUT2D eigenvalue weighted by Gasteiger charge is -2.44. The van der Waals surface area contributed by atoms with E-state index in [1.165, 1.54) is 31.4 Å². The minimum Gasteiger partial charge on any atom is -0.298 e. The zero-order valence-electron chi connectivity index (χ0n) is 12.1. The number of hydrogen-bond acceptors (Lipinski definition) is 2. The minimum atomic E-state index is -4.26. The first kappa shape index (κ1) is 14.9. The van der Waals surface area contributed by atoms with E-state index < -0.39 is 11.7 Å². The second-order valence-corrected chi connectivity index (χ2v) is 6.08. The average Bonchev–Trinajstić information content (AvgIpc) is 2.46. The van der Waals surface area contributed by atoms with Crippen LogP contribution in [0.3, 0.4) is 0 Å². The third kappa shape index (κ3) is 3.40. The van der Waals surface area contributed by atoms with Crippen LogP contribution in [0.4, 0.5) is 13.2 Å². The Morgan fingerprint density at radius 1 is 1.05 bits per heavy atom. The van der Waals surface area contributed by atoms with Gasteiger partial charge in [-0.15, -0.1) is 0 Å². The molecule has 5 heteroatoms. The normalized spacial score (nSPS) is 24.8. The van der Waals surface area contributed by atoms with E-state index in [1.54, 1.807) is 12.1 Å². The van der Waals surface area contributed by atoms with Crippen LogP contribution >= 0.6 is 0 Å². The highest BCUT2D eigenvalue weighted by Gasteiger charge is 2.34. The van der Waals surface area contributed by atoms with Gasteiger partial charge in [-0.05, 0) is 31.0 Å². The molecule has 0 bridgehead atoms. The first-order chi connectivity index (χ1) is 10.0. The highest BCUT2D eigenvalue weighted by molar-refractivity contribution is 5.29. The summed E-state index contributed by atoms with van der Waals surface area (Å²) < 4.78 is 39.1. The Bertz CT molecular complexity index is 487. The highest BCUT2D eigenvalue weighted by Crippen LogP contribution is 2.33. The summed E-state index contributed by atoms with van der Waals surface area (Å²) in [5.74, 6) is 0. The fraction of sp³-hybridized carbons (Fsp3) is 0.625. The molecule has 116 valence electrons. The predicted molar refractivity (Wildman–Crippen MR) is 75.9 cm³/mol. The van der Waals surface area contributed by atoms with Crippen LogP contribution in [0.2, 0.25) is 0 Å². The molecule has 2 heterocycles. The van der Waals surface area contributed by atoms with E-state index in [9.17, 15) is 13.2 Å². The van der Waals surface area contributed by atoms with Crippen molar-refractivity contribution in [3.8, 4) is 0 Å². The van der Waals surface area contributed by atoms with E-state index in [4.69, 9.17) is 0 Å². The number of fused-ring (bicyclic) bond motifs is 1. The Hall–Kier alpha value is -1.07. The van der Waals surface area contributed by atoms with Crippen molar-refractivity contribution in [2.75, 3.05) is 26.2 Å². The van der Waals surface area contributed by atoms with Crippen molar-refractivity contribution in [3.05, 3.63) is 35.4 Å². The zero-order chi connectivity index (χ0) is 14.9. The van der Waals surface area contributed by atoms with Crippen LogP contribution in [0.25, 0.3) is 0 Å². The largest absolute Gasteiger partial charge is 0.416 e. The summed E-state index contributed by atoms with van der Waals surface area (Å²) in [5.41, 5.74) is -0.0923. The Morgan fingerprint density at radius 2 is 1.86 bits per heavy atom. The first-order valence-corrected chi connectivity index (χ1v) is 7.65. The van der Waals surface area contributed by atoms with Crippen LogP contribution in [0, 0.1) is 0 Å². The van der Waals surface area contributed by atoms with E-state index in [0.29, 0.717) is 18.2 Å². The molecular weight excluding hydrogens is 277 g/mol. The summed E-state index contributed by atoms with van der Waals surface area (Å²) in [6.45, 7) is 4.30. The molecule has 0 N–H and O–H groups in total. The van der Waals surface area contributed by atoms with Crippen molar-refractivity contribution in [1.29, 1.82) is 0 Å². The number of alkyl halides is 3. The quantitative estimate of drug-likeness (QED) is 0.826. The SMILES string of the molecule is FC(F)(F)c1ccccc1CN1CCN2CCCCC2C1. The molecule has 1 aromatic carbocycles. The summed E-state index contributed by atoms with van der Waals surface area (Å²) in [6, 6.07) is 6.49. The van der Waals surface area contributed by atoms with Crippen LogP contribution in [0.15, 0.2) is 24.3 Å². The number of rotatable bonds is 2. The topological polar surface area (TPSA) is 6.48 Å². The molecule has 1 atom stereocenters. The molecule has 1 aromatic rings. The number of nitrogens with zero attached hydrogens (tertiary/aromatic N) is 2. The van der Waals surface area contributed by atoms with E-state index >= 15 is 0 Å². The van der Waals surface area contributed by atoms with Gasteiger partial charge >= 0.3 is 6.18 Å². The number of piperidine rings is 1. The van der Waals surface area contributed by atoms with Gasteiger partial charge in [-0.3, -0.25) is 9.80 Å². The zero-order valence-corrected chi connectivity index (χ0v) is 12.1. The lowest BCUT2D eigenvalue weighted by molar-refractivity contribution is -0.138. The second-order valence-electron chi connectivity index (χ2n) is 6.08. The molecule has 0 radical (unpaired) electrons. The van der Waals surface area contributed by atoms with Crippen LogP contribution in [0.1, 0.15) is 30.4 Å². The van der Waals surface area contributed by atoms with E-state index in [0.717, 1.165) is 26.2 Å². The summed E-state index contributed by atoms with van der Waals surface area (Å²) in [6.07, 6.45) is -0.581. The Kier molecular flexibility index (Phi) is 4.22. The fourth-order valence-electron chi connectivity index (χ4n) is 3.54. The van der Waals surface area contributed by atoms with Crippen molar-refractivity contribution >= 4 is 0 Å². The molecule has 21 heavy (non-hydrogen) atoms. The lowest BCUT2D eigenvalue weighted by atomic mass is 9.98. The molecule has 0 saturated carbocycles. The highest BCUT2D eigenvalue weighted by atomic mass is 19.4. The Morgan fingerprint density at radius 3 is 2.67 bits per heavy atom. The Balaban J connectivity index is 1.70. The number of benzene rings is 1. The summed E-state index contributed by atoms with van der Waals surface area (Å²) in [5, 5.41) is 0. The van der Waals surface area contributed by atoms with E-state index in [-0.39, 0.29) is 0 Å². The summed E-state index contributed by atoms with van der Waals surface area (Å²) in [4.78, 5) is 4.67. The van der Waals surface area contributed by atoms with Gasteiger partial charge in [-0.25, -0.2) is 0 Å². The lowest BCUT2D eigenvalue weighted by Crippen LogP contribution is -2.54. The molecule has 2 fully saturated rings. The fourth-order valence-corrected chi connectivity index (χ4v) is 3.54. The first-order valence-electron chi connectivity index (χ1n) is 7.65. The maximum absolute atomic E-state index is 13.0. The van der Waals surface area contributed by atoms with Gasteiger partial charge in [0.2, 0.25) is 0 Å². The molecule has 2 saturated heterocycles. The summed E-state index contributed by atoms with van der Waals surface area (Å²) >= 11 is 0. The van der Waals surface area contributed by atoms with Gasteiger partial charge in [-0.2, -0.15) is 13.2 Å². The molecule has 2 nitrogen and oxygen atoms in total. The van der Waals surface area contributed by atoms with Crippen LogP contribution in [-0.2, 0) is 12.7 Å². The van der Waals surface area contributed by atoms with E-state index in [1.807, 2.05) is 0 Å². The van der Waals surface area contributed by atoms with Crippen molar-refractivity contribution in [3.63, 3.8) is 0 Å². The van der Waals surface area contributed by atoms with Gasteiger partial charge in [0.15, 0.2) is 0 Å². The number of halogens is 3. The molecule has 3 rings (SSSR count). The van der Waals surface area contributed by atoms with Crippen LogP contribution in [-0.4, -0.2) is 42.0 Å². The molecule has 0 amide bonds. The van der Waals surface area contributed by atoms with Gasteiger partial charge < -0.3 is 0 Å². The van der Waals surface area contributed by atoms with Crippen molar-refractivity contribution in [2.24, 2.45) is 0 Å².